The quantitative estimate of drug-likeness (QED) is 0.0799. The van der Waals surface area contributed by atoms with Crippen molar-refractivity contribution in [3.63, 3.8) is 0 Å². The summed E-state index contributed by atoms with van der Waals surface area (Å²) in [7, 11) is 0. The van der Waals surface area contributed by atoms with E-state index in [2.05, 4.69) is 72.3 Å². The van der Waals surface area contributed by atoms with Crippen LogP contribution in [-0.4, -0.2) is 93.4 Å². The minimum atomic E-state index is -0.571. The van der Waals surface area contributed by atoms with E-state index >= 15 is 0 Å². The van der Waals surface area contributed by atoms with Gasteiger partial charge in [-0.3, -0.25) is 38.4 Å². The number of nitrogens with one attached hydrogen (secondary N) is 8. The van der Waals surface area contributed by atoms with Crippen molar-refractivity contribution in [2.45, 2.75) is 136 Å². The van der Waals surface area contributed by atoms with E-state index in [1.54, 1.807) is 36.4 Å². The molecule has 16 heterocycles. The van der Waals surface area contributed by atoms with Crippen molar-refractivity contribution in [1.82, 2.24) is 19.9 Å². The second-order valence-electron chi connectivity index (χ2n) is 26.0. The lowest BCUT2D eigenvalue weighted by Crippen LogP contribution is -2.24. The second kappa shape index (κ2) is 27.2. The Morgan fingerprint density at radius 3 is 0.541 bits per heavy atom. The number of anilines is 10. The highest BCUT2D eigenvalue weighted by molar-refractivity contribution is 6.13. The maximum absolute atomic E-state index is 14.6. The SMILES string of the molecule is Cc1c(C)c2c(C)c(C)c1NC(=O)c1cccc(n1)C(=O)Nc1c(C)c(C)c(c(C)c1C)NC(=O)c1cc(N3CCCC3)cc(n1)C(=O)Nc1c(C)c(C)c(c(C)c1C)NC(=O)c1cccc(n1)C(=O)Nc1c(C)c(C)c(c(C)c1C)NC(=O)c1cc(N3CCCC3)cc(n1)C(=O)N2. The van der Waals surface area contributed by atoms with Crippen molar-refractivity contribution in [3.05, 3.63) is 195 Å². The van der Waals surface area contributed by atoms with E-state index in [0.29, 0.717) is 146 Å². The summed E-state index contributed by atoms with van der Waals surface area (Å²) in [5, 5.41) is 24.5. The normalized spacial score (nSPS) is 15.0. The van der Waals surface area contributed by atoms with Crippen LogP contribution in [0.5, 0.6) is 0 Å². The Morgan fingerprint density at radius 1 is 0.235 bits per heavy atom. The Labute approximate surface area is 570 Å². The van der Waals surface area contributed by atoms with Gasteiger partial charge in [0, 0.05) is 83.1 Å². The minimum Gasteiger partial charge on any atom is -0.371 e. The Morgan fingerprint density at radius 2 is 0.378 bits per heavy atom. The number of pyridine rings is 4. The van der Waals surface area contributed by atoms with Crippen molar-refractivity contribution in [2.24, 2.45) is 0 Å². The van der Waals surface area contributed by atoms with Gasteiger partial charge in [0.2, 0.25) is 0 Å². The fraction of sp³-hybridized carbons (Fsp3) is 0.316. The highest BCUT2D eigenvalue weighted by atomic mass is 16.2. The van der Waals surface area contributed by atoms with Crippen LogP contribution in [0.4, 0.5) is 56.9 Å². The van der Waals surface area contributed by atoms with Crippen molar-refractivity contribution < 1.29 is 38.4 Å². The van der Waals surface area contributed by atoms with E-state index in [1.165, 1.54) is 24.3 Å². The molecule has 0 aliphatic carbocycles. The van der Waals surface area contributed by atoms with Crippen LogP contribution >= 0.6 is 0 Å². The Hall–Kier alpha value is -11.2. The topological polar surface area (TPSA) is 291 Å². The third-order valence-electron chi connectivity index (χ3n) is 20.3. The maximum atomic E-state index is 14.6. The van der Waals surface area contributed by atoms with Crippen LogP contribution in [0.2, 0.25) is 0 Å². The highest BCUT2D eigenvalue weighted by Crippen LogP contribution is 2.40. The monoisotopic (exact) mass is 1320 g/mol. The molecular weight excluding hydrogens is 1240 g/mol. The fourth-order valence-corrected chi connectivity index (χ4v) is 13.4. The average molecular weight is 1320 g/mol. The Kier molecular flexibility index (Phi) is 18.9. The van der Waals surface area contributed by atoms with Crippen molar-refractivity contribution in [1.29, 1.82) is 0 Å². The fourth-order valence-electron chi connectivity index (χ4n) is 13.4. The van der Waals surface area contributed by atoms with Crippen LogP contribution in [0, 0.1) is 111 Å². The second-order valence-corrected chi connectivity index (χ2v) is 26.0. The lowest BCUT2D eigenvalue weighted by atomic mass is 9.95. The van der Waals surface area contributed by atoms with Crippen LogP contribution in [0.3, 0.4) is 0 Å². The Bertz CT molecular complexity index is 4110. The summed E-state index contributed by atoms with van der Waals surface area (Å²) in [5.41, 5.74) is 16.0. The summed E-state index contributed by atoms with van der Waals surface area (Å²) >= 11 is 0. The molecular formula is C76H82N14O8. The van der Waals surface area contributed by atoms with Crippen LogP contribution in [-0.2, 0) is 0 Å². The number of amides is 8. The van der Waals surface area contributed by atoms with Crippen LogP contribution < -0.4 is 52.3 Å². The molecule has 4 aromatic carbocycles. The molecule has 22 heteroatoms. The smallest absolute Gasteiger partial charge is 0.274 e. The van der Waals surface area contributed by atoms with Gasteiger partial charge in [-0.05, 0) is 274 Å². The third-order valence-corrected chi connectivity index (χ3v) is 20.3. The molecule has 4 aromatic heterocycles. The number of hydrogen-bond acceptors (Lipinski definition) is 14. The zero-order chi connectivity index (χ0) is 70.6. The number of rotatable bonds is 2. The van der Waals surface area contributed by atoms with Gasteiger partial charge in [-0.1, -0.05) is 12.1 Å². The lowest BCUT2D eigenvalue weighted by molar-refractivity contribution is 0.0998. The molecule has 98 heavy (non-hydrogen) atoms. The van der Waals surface area contributed by atoms with Crippen LogP contribution in [0.1, 0.15) is 199 Å². The average Bonchev–Trinajstić information content (AvgIpc) is 0.803. The standard InChI is InChI=1S/C76H82N14O8/c1-35-43(9)65-44(10)36(2)61(35)81-69(91)53-23-21-24-54(77-53)70(92)82-62-37(3)45(11)67(46(12)38(62)4)87-75(97)59-33-52(90-29-19-20-30-90)34-60(80-59)76(98)88-68-49(15)41(7)64(42(8)50(68)16)84-72(94)56-26-22-25-55(78-56)71(93)83-63-39(5)47(13)66(48(14)40(63)6)86-74(96)58-32-51(89-27-17-18-28-89)31-57(79-58)73(95)85-65/h21-26,31-34H,17-20,27-30H2,1-16H3,(H,81,91)(H,82,92)(H,83,93)(H,84,94)(H,85,95)(H,86,96)(H,87,97)(H,88,98). The molecule has 0 saturated carbocycles. The molecule has 8 amide bonds. The number of hydrogen-bond donors (Lipinski definition) is 8. The van der Waals surface area contributed by atoms with Gasteiger partial charge in [-0.15, -0.1) is 0 Å². The lowest BCUT2D eigenvalue weighted by Gasteiger charge is -2.23. The molecule has 0 unspecified atom stereocenters. The van der Waals surface area contributed by atoms with Gasteiger partial charge in [0.15, 0.2) is 0 Å². The first-order chi connectivity index (χ1) is 46.5. The summed E-state index contributed by atoms with van der Waals surface area (Å²) in [6.07, 6.45) is 3.73. The molecule has 0 spiro atoms. The van der Waals surface area contributed by atoms with Gasteiger partial charge in [0.25, 0.3) is 47.3 Å². The summed E-state index contributed by atoms with van der Waals surface area (Å²) in [4.78, 5) is 138. The molecule has 504 valence electrons. The van der Waals surface area contributed by atoms with Gasteiger partial charge < -0.3 is 52.3 Å². The molecule has 8 aromatic rings. The van der Waals surface area contributed by atoms with Gasteiger partial charge in [-0.25, -0.2) is 19.9 Å². The molecule has 12 aliphatic rings. The molecule has 16 bridgehead atoms. The summed E-state index contributed by atoms with van der Waals surface area (Å²) < 4.78 is 0. The molecule has 20 rings (SSSR count). The number of benzene rings is 4. The first-order valence-corrected chi connectivity index (χ1v) is 32.9. The number of aromatic nitrogens is 4. The highest BCUT2D eigenvalue weighted by Gasteiger charge is 2.30. The van der Waals surface area contributed by atoms with Gasteiger partial charge in [-0.2, -0.15) is 0 Å². The molecule has 0 radical (unpaired) electrons. The van der Waals surface area contributed by atoms with E-state index in [4.69, 9.17) is 0 Å². The summed E-state index contributed by atoms with van der Waals surface area (Å²) in [6.45, 7) is 32.3. The van der Waals surface area contributed by atoms with E-state index in [-0.39, 0.29) is 45.6 Å². The zero-order valence-corrected chi connectivity index (χ0v) is 58.4. The van der Waals surface area contributed by atoms with E-state index in [9.17, 15) is 38.4 Å². The minimum absolute atomic E-state index is 0.0121. The number of carbonyl (C=O) groups is 8. The molecule has 0 atom stereocenters. The summed E-state index contributed by atoms with van der Waals surface area (Å²) in [6, 6.07) is 16.0. The van der Waals surface area contributed by atoms with E-state index in [1.807, 2.05) is 111 Å². The number of nitrogens with zero attached hydrogens (tertiary/aromatic N) is 6. The van der Waals surface area contributed by atoms with Crippen molar-refractivity contribution in [3.8, 4) is 0 Å². The van der Waals surface area contributed by atoms with Crippen molar-refractivity contribution >= 4 is 104 Å². The summed E-state index contributed by atoms with van der Waals surface area (Å²) in [5.74, 6) is -4.50. The van der Waals surface area contributed by atoms with E-state index in [0.717, 1.165) is 51.9 Å². The molecule has 8 N–H and O–H groups in total. The largest absolute Gasteiger partial charge is 0.371 e. The Balaban J connectivity index is 0.963. The zero-order valence-electron chi connectivity index (χ0n) is 58.4. The number of carbonyl (C=O) groups excluding carboxylic acids is 8. The van der Waals surface area contributed by atoms with E-state index < -0.39 is 47.3 Å². The molecule has 2 saturated heterocycles. The van der Waals surface area contributed by atoms with Gasteiger partial charge in [0.1, 0.15) is 45.6 Å². The third kappa shape index (κ3) is 12.9. The maximum Gasteiger partial charge on any atom is 0.274 e. The molecule has 2 fully saturated rings. The van der Waals surface area contributed by atoms with Crippen LogP contribution in [0.25, 0.3) is 0 Å². The van der Waals surface area contributed by atoms with Crippen LogP contribution in [0.15, 0.2) is 60.7 Å². The first-order valence-electron chi connectivity index (χ1n) is 32.9. The van der Waals surface area contributed by atoms with Crippen molar-refractivity contribution in [2.75, 3.05) is 78.5 Å². The van der Waals surface area contributed by atoms with Gasteiger partial charge >= 0.3 is 0 Å². The molecule has 12 aliphatic heterocycles. The predicted octanol–water partition coefficient (Wildman–Crippen LogP) is 13.7. The predicted molar refractivity (Wildman–Crippen MR) is 385 cm³/mol. The molecule has 22 nitrogen and oxygen atoms in total. The first kappa shape index (κ1) is 68.2. The van der Waals surface area contributed by atoms with Gasteiger partial charge in [0.05, 0.1) is 0 Å².